The average Bonchev–Trinajstić information content (AvgIpc) is 4.18. The Bertz CT molecular complexity index is 2300. The highest BCUT2D eigenvalue weighted by Gasteiger charge is 2.45. The molecule has 0 radical (unpaired) electrons. The molecule has 0 aromatic carbocycles. The Labute approximate surface area is 514 Å². The fraction of sp³-hybridized carbons (Fsp3) is 0.721. The summed E-state index contributed by atoms with van der Waals surface area (Å²) in [6.45, 7) is -0.444. The van der Waals surface area contributed by atoms with Crippen molar-refractivity contribution in [3.05, 3.63) is 54.7 Å². The normalized spacial score (nSPS) is 15.2. The van der Waals surface area contributed by atoms with E-state index in [1.54, 1.807) is 0 Å². The van der Waals surface area contributed by atoms with Crippen LogP contribution in [0.3, 0.4) is 0 Å². The number of carbonyl (C=O) groups is 3. The van der Waals surface area contributed by atoms with Gasteiger partial charge in [0.2, 0.25) is 17.7 Å². The van der Waals surface area contributed by atoms with Gasteiger partial charge in [0.05, 0.1) is 101 Å². The highest BCUT2D eigenvalue weighted by molar-refractivity contribution is 7.40. The van der Waals surface area contributed by atoms with Gasteiger partial charge in [-0.05, 0) is 52.1 Å². The second-order valence-electron chi connectivity index (χ2n) is 18.7. The molecule has 3 amide bonds. The van der Waals surface area contributed by atoms with Crippen molar-refractivity contribution in [2.45, 2.75) is 101 Å². The van der Waals surface area contributed by atoms with Crippen molar-refractivity contribution in [3.63, 3.8) is 0 Å². The summed E-state index contributed by atoms with van der Waals surface area (Å²) in [7, 11) is -19.5. The standard InChI is InChI=1S/C43H74N10O30P6/c44-40(28-75-16-7-37(54)45-10-19-72-13-1-4-34-22-51(31-48-34)25-41(57,78-84(60)61)79-85(62)63,29-76-17-8-38(55)46-11-20-73-14-2-5-35-23-52(32-49-35)26-42(58,80-86(64)65)81-87(66)67)30-77-18-9-39(56)47-12-21-74-15-3-6-36-24-53(33-50-36)27-43(59,82-88(68)69)83-89(70)71/h22-24,31-33,57-61,64-65,68-69H,1-21,25-30,44H2,(H3-3,45,46,47,54,55,56,62,63,66,67,70,71)/p+3. The minimum absolute atomic E-state index is 0.0436. The molecule has 0 saturated carbocycles. The fourth-order valence-corrected chi connectivity index (χ4v) is 9.65. The smallest absolute Gasteiger partial charge is 0.380 e. The summed E-state index contributed by atoms with van der Waals surface area (Å²) in [5, 5.41) is 38.9. The maximum atomic E-state index is 12.6. The van der Waals surface area contributed by atoms with Gasteiger partial charge in [-0.15, -0.1) is 14.7 Å². The number of amides is 3. The summed E-state index contributed by atoms with van der Waals surface area (Å²) < 4.78 is 97.5. The molecule has 0 spiro atoms. The minimum Gasteiger partial charge on any atom is -0.380 e. The van der Waals surface area contributed by atoms with Crippen LogP contribution in [0.25, 0.3) is 0 Å². The summed E-state index contributed by atoms with van der Waals surface area (Å²) in [5.74, 6) is -9.46. The molecule has 3 aromatic heterocycles. The van der Waals surface area contributed by atoms with E-state index in [4.69, 9.17) is 78.2 Å². The van der Waals surface area contributed by atoms with E-state index in [0.717, 1.165) is 0 Å². The predicted molar refractivity (Wildman–Crippen MR) is 301 cm³/mol. The number of aromatic nitrogens is 6. The van der Waals surface area contributed by atoms with E-state index in [0.29, 0.717) is 55.6 Å². The van der Waals surface area contributed by atoms with Gasteiger partial charge < -0.3 is 108 Å². The van der Waals surface area contributed by atoms with Gasteiger partial charge in [0.15, 0.2) is 0 Å². The van der Waals surface area contributed by atoms with E-state index in [1.807, 2.05) is 0 Å². The van der Waals surface area contributed by atoms with E-state index in [9.17, 15) is 43.4 Å². The molecular weight excluding hydrogens is 1320 g/mol. The lowest BCUT2D eigenvalue weighted by Gasteiger charge is -2.29. The van der Waals surface area contributed by atoms with E-state index in [2.05, 4.69) is 58.0 Å². The molecule has 0 bridgehead atoms. The van der Waals surface area contributed by atoms with Crippen LogP contribution in [-0.2, 0) is 123 Å². The summed E-state index contributed by atoms with van der Waals surface area (Å²) in [4.78, 5) is 132. The molecule has 0 fully saturated rings. The first-order chi connectivity index (χ1) is 42.2. The molecular formula is C43H77N10O30P6+3. The molecule has 6 unspecified atom stereocenters. The zero-order chi connectivity index (χ0) is 65.7. The molecule has 40 nitrogen and oxygen atoms in total. The third-order valence-corrected chi connectivity index (χ3v) is 13.7. The zero-order valence-corrected chi connectivity index (χ0v) is 53.1. The Kier molecular flexibility index (Phi) is 39.0. The number of hydrogen-bond acceptors (Lipinski definition) is 31. The quantitative estimate of drug-likeness (QED) is 0.0157. The number of aliphatic hydroxyl groups is 3. The van der Waals surface area contributed by atoms with Crippen LogP contribution >= 0.6 is 50.6 Å². The Morgan fingerprint density at radius 3 is 0.978 bits per heavy atom. The van der Waals surface area contributed by atoms with Crippen LogP contribution in [0.15, 0.2) is 37.6 Å². The van der Waals surface area contributed by atoms with Gasteiger partial charge in [-0.1, -0.05) is 0 Å². The number of ether oxygens (including phenoxy) is 6. The van der Waals surface area contributed by atoms with Crippen LogP contribution in [0.4, 0.5) is 0 Å². The van der Waals surface area contributed by atoms with Crippen molar-refractivity contribution < 1.29 is 143 Å². The highest BCUT2D eigenvalue weighted by atomic mass is 31.2. The second kappa shape index (κ2) is 43.5. The Balaban J connectivity index is 1.36. The van der Waals surface area contributed by atoms with Crippen LogP contribution in [0.1, 0.15) is 55.6 Å². The van der Waals surface area contributed by atoms with Crippen molar-refractivity contribution in [2.24, 2.45) is 5.73 Å². The number of nitrogens with zero attached hydrogens (tertiary/aromatic N) is 6. The zero-order valence-electron chi connectivity index (χ0n) is 47.7. The van der Waals surface area contributed by atoms with Gasteiger partial charge in [-0.2, -0.15) is 0 Å². The van der Waals surface area contributed by atoms with Crippen LogP contribution in [0, 0.1) is 0 Å². The average molecular weight is 1400 g/mol. The molecule has 3 aromatic rings. The van der Waals surface area contributed by atoms with Crippen LogP contribution < -0.4 is 21.7 Å². The molecule has 3 rings (SSSR count). The lowest BCUT2D eigenvalue weighted by atomic mass is 10.1. The third-order valence-electron chi connectivity index (χ3n) is 11.0. The first-order valence-corrected chi connectivity index (χ1v) is 33.5. The topological polar surface area (TPSA) is 572 Å². The highest BCUT2D eigenvalue weighted by Crippen LogP contribution is 2.40. The molecule has 0 saturated heterocycles. The van der Waals surface area contributed by atoms with E-state index in [-0.39, 0.29) is 136 Å². The maximum absolute atomic E-state index is 12.6. The predicted octanol–water partition coefficient (Wildman–Crippen LogP) is -2.59. The molecule has 0 aliphatic carbocycles. The van der Waals surface area contributed by atoms with Gasteiger partial charge in [-0.3, -0.25) is 14.4 Å². The fourth-order valence-electron chi connectivity index (χ4n) is 7.40. The van der Waals surface area contributed by atoms with Crippen molar-refractivity contribution >= 4 is 68.3 Å². The van der Waals surface area contributed by atoms with Crippen LogP contribution in [0.5, 0.6) is 0 Å². The first-order valence-electron chi connectivity index (χ1n) is 26.6. The van der Waals surface area contributed by atoms with Gasteiger partial charge in [0.25, 0.3) is 0 Å². The molecule has 17 N–H and O–H groups in total. The number of aryl methyl sites for hydroxylation is 3. The van der Waals surface area contributed by atoms with E-state index >= 15 is 0 Å². The molecule has 506 valence electrons. The van der Waals surface area contributed by atoms with Gasteiger partial charge in [0.1, 0.15) is 19.6 Å². The lowest BCUT2D eigenvalue weighted by molar-refractivity contribution is -0.284. The number of nitrogens with one attached hydrogen (secondary N) is 3. The third kappa shape index (κ3) is 38.4. The first kappa shape index (κ1) is 79.9. The number of rotatable bonds is 54. The molecule has 46 heteroatoms. The van der Waals surface area contributed by atoms with Crippen LogP contribution in [-0.4, -0.2) is 228 Å². The minimum atomic E-state index is -3.36. The summed E-state index contributed by atoms with van der Waals surface area (Å²) >= 11 is 0. The SMILES string of the molecule is NC(COCCC(=O)NCCOCCCc1cn(CC(O)(OP(O)O)O[P+](=O)O)cn1)(COCCC(=O)NCCOCCCc1cn(CC(O)(OP(O)O)O[P+](=O)O)cn1)COCCC(=O)NCCOCCCc1cn(CC(O)(OP(O)O)O[P+](=O)O)cn1. The van der Waals surface area contributed by atoms with Crippen molar-refractivity contribution in [2.75, 3.05) is 98.9 Å². The monoisotopic (exact) mass is 1400 g/mol. The summed E-state index contributed by atoms with van der Waals surface area (Å²) in [6.07, 6.45) is 10.9. The van der Waals surface area contributed by atoms with Crippen LogP contribution in [0.2, 0.25) is 0 Å². The lowest BCUT2D eigenvalue weighted by Crippen LogP contribution is -2.53. The van der Waals surface area contributed by atoms with Gasteiger partial charge >= 0.3 is 68.5 Å². The number of nitrogens with two attached hydrogens (primary N) is 1. The maximum Gasteiger partial charge on any atom is 0.700 e. The molecule has 0 aliphatic rings. The van der Waals surface area contributed by atoms with Crippen molar-refractivity contribution in [3.8, 4) is 0 Å². The largest absolute Gasteiger partial charge is 0.700 e. The molecule has 89 heavy (non-hydrogen) atoms. The van der Waals surface area contributed by atoms with E-state index in [1.165, 1.54) is 51.3 Å². The molecule has 6 atom stereocenters. The molecule has 0 aliphatic heterocycles. The number of imidazole rings is 3. The summed E-state index contributed by atoms with van der Waals surface area (Å²) in [6, 6.07) is 0. The van der Waals surface area contributed by atoms with Gasteiger partial charge in [-0.25, -0.2) is 28.5 Å². The van der Waals surface area contributed by atoms with E-state index < -0.39 is 93.7 Å². The second-order valence-corrected chi connectivity index (χ2v) is 22.8. The van der Waals surface area contributed by atoms with Crippen molar-refractivity contribution in [1.29, 1.82) is 0 Å². The number of carbonyl (C=O) groups excluding carboxylic acids is 3. The Morgan fingerprint density at radius 1 is 0.461 bits per heavy atom. The Morgan fingerprint density at radius 2 is 0.730 bits per heavy atom. The summed E-state index contributed by atoms with van der Waals surface area (Å²) in [5.41, 5.74) is 6.99. The number of hydrogen-bond donors (Lipinski definition) is 16. The van der Waals surface area contributed by atoms with Gasteiger partial charge in [0, 0.05) is 91.0 Å². The van der Waals surface area contributed by atoms with Crippen molar-refractivity contribution in [1.82, 2.24) is 44.6 Å². The Hall–Kier alpha value is -3.37. The molecule has 3 heterocycles.